The molecule has 0 N–H and O–H groups in total. The van der Waals surface area contributed by atoms with Gasteiger partial charge in [0.05, 0.1) is 5.69 Å². The summed E-state index contributed by atoms with van der Waals surface area (Å²) in [4.78, 5) is 0. The summed E-state index contributed by atoms with van der Waals surface area (Å²) < 4.78 is 2.56. The first kappa shape index (κ1) is 16.2. The molecule has 1 fully saturated rings. The van der Waals surface area contributed by atoms with Crippen molar-refractivity contribution in [2.45, 2.75) is 59.9 Å². The smallest absolute Gasteiger partial charge is 0.0536 e. The second-order valence-electron chi connectivity index (χ2n) is 9.73. The minimum atomic E-state index is 0.0956. The van der Waals surface area contributed by atoms with Crippen molar-refractivity contribution in [1.29, 1.82) is 0 Å². The van der Waals surface area contributed by atoms with Gasteiger partial charge in [0.15, 0.2) is 0 Å². The first-order valence-corrected chi connectivity index (χ1v) is 9.99. The maximum Gasteiger partial charge on any atom is 0.0536 e. The van der Waals surface area contributed by atoms with Crippen LogP contribution in [-0.4, -0.2) is 4.57 Å². The third-order valence-corrected chi connectivity index (χ3v) is 7.41. The van der Waals surface area contributed by atoms with E-state index in [1.807, 2.05) is 0 Å². The van der Waals surface area contributed by atoms with E-state index in [9.17, 15) is 0 Å². The molecule has 2 aliphatic rings. The lowest BCUT2D eigenvalue weighted by molar-refractivity contribution is -0.0849. The van der Waals surface area contributed by atoms with Crippen molar-refractivity contribution in [2.24, 2.45) is 10.8 Å². The highest BCUT2D eigenvalue weighted by Crippen LogP contribution is 2.76. The van der Waals surface area contributed by atoms with Crippen molar-refractivity contribution in [3.8, 4) is 11.3 Å². The normalized spacial score (nSPS) is 20.8. The van der Waals surface area contributed by atoms with Gasteiger partial charge in [0.25, 0.3) is 0 Å². The fourth-order valence-corrected chi connectivity index (χ4v) is 7.19. The molecule has 2 aromatic carbocycles. The van der Waals surface area contributed by atoms with E-state index in [0.717, 1.165) is 6.54 Å². The van der Waals surface area contributed by atoms with E-state index in [1.54, 1.807) is 11.1 Å². The van der Waals surface area contributed by atoms with Gasteiger partial charge in [-0.25, -0.2) is 0 Å². The minimum absolute atomic E-state index is 0.0956. The molecular weight excluding hydrogens is 314 g/mol. The highest BCUT2D eigenvalue weighted by molar-refractivity contribution is 5.99. The van der Waals surface area contributed by atoms with Crippen LogP contribution in [-0.2, 0) is 12.0 Å². The molecule has 1 spiro atoms. The van der Waals surface area contributed by atoms with Gasteiger partial charge >= 0.3 is 0 Å². The average Bonchev–Trinajstić information content (AvgIpc) is 3.05. The molecule has 0 radical (unpaired) electrons. The number of aryl methyl sites for hydroxylation is 2. The Morgan fingerprint density at radius 1 is 0.962 bits per heavy atom. The van der Waals surface area contributed by atoms with Gasteiger partial charge in [0, 0.05) is 28.4 Å². The largest absolute Gasteiger partial charge is 0.341 e. The van der Waals surface area contributed by atoms with E-state index in [0.29, 0.717) is 0 Å². The first-order valence-electron chi connectivity index (χ1n) is 9.99. The predicted octanol–water partition coefficient (Wildman–Crippen LogP) is 6.69. The molecule has 1 aromatic heterocycles. The zero-order valence-corrected chi connectivity index (χ0v) is 16.9. The molecule has 0 aliphatic heterocycles. The molecule has 1 nitrogen and oxygen atoms in total. The molecule has 1 saturated carbocycles. The van der Waals surface area contributed by atoms with Crippen molar-refractivity contribution in [3.05, 3.63) is 59.2 Å². The van der Waals surface area contributed by atoms with Crippen LogP contribution in [0.2, 0.25) is 0 Å². The molecule has 134 valence electrons. The molecule has 5 rings (SSSR count). The van der Waals surface area contributed by atoms with Crippen molar-refractivity contribution in [3.63, 3.8) is 0 Å². The van der Waals surface area contributed by atoms with Crippen molar-refractivity contribution in [1.82, 2.24) is 4.57 Å². The zero-order chi connectivity index (χ0) is 18.5. The number of nitrogens with zero attached hydrogens (tertiary/aromatic N) is 1. The topological polar surface area (TPSA) is 4.93 Å². The molecule has 1 heterocycles. The number of hydrogen-bond acceptors (Lipinski definition) is 0. The van der Waals surface area contributed by atoms with Crippen molar-refractivity contribution < 1.29 is 0 Å². The van der Waals surface area contributed by atoms with E-state index in [-0.39, 0.29) is 16.2 Å². The fraction of sp³-hybridized carbons (Fsp3) is 0.440. The average molecular weight is 344 g/mol. The van der Waals surface area contributed by atoms with Gasteiger partial charge in [-0.1, -0.05) is 63.6 Å². The van der Waals surface area contributed by atoms with E-state index >= 15 is 0 Å². The first-order chi connectivity index (χ1) is 12.3. The van der Waals surface area contributed by atoms with Crippen LogP contribution in [0.25, 0.3) is 22.2 Å². The van der Waals surface area contributed by atoms with Gasteiger partial charge in [-0.15, -0.1) is 0 Å². The molecule has 0 bridgehead atoms. The lowest BCUT2D eigenvalue weighted by atomic mass is 9.35. The van der Waals surface area contributed by atoms with E-state index in [1.165, 1.54) is 34.1 Å². The van der Waals surface area contributed by atoms with Gasteiger partial charge in [-0.3, -0.25) is 0 Å². The Labute approximate surface area is 157 Å². The van der Waals surface area contributed by atoms with Crippen LogP contribution in [0.4, 0.5) is 0 Å². The summed E-state index contributed by atoms with van der Waals surface area (Å²) in [6.45, 7) is 15.4. The van der Waals surface area contributed by atoms with E-state index in [4.69, 9.17) is 0 Å². The van der Waals surface area contributed by atoms with Crippen LogP contribution in [0.5, 0.6) is 0 Å². The van der Waals surface area contributed by atoms with E-state index in [2.05, 4.69) is 88.6 Å². The van der Waals surface area contributed by atoms with Crippen LogP contribution in [0, 0.1) is 17.8 Å². The van der Waals surface area contributed by atoms with E-state index < -0.39 is 0 Å². The van der Waals surface area contributed by atoms with Crippen molar-refractivity contribution >= 4 is 10.9 Å². The van der Waals surface area contributed by atoms with Gasteiger partial charge in [-0.2, -0.15) is 0 Å². The third-order valence-electron chi connectivity index (χ3n) is 7.41. The second kappa shape index (κ2) is 4.63. The van der Waals surface area contributed by atoms with Crippen LogP contribution in [0.3, 0.4) is 0 Å². The van der Waals surface area contributed by atoms with Crippen LogP contribution < -0.4 is 0 Å². The number of fused-ring (bicyclic) bond motifs is 7. The Kier molecular flexibility index (Phi) is 2.88. The Hall–Kier alpha value is -2.02. The van der Waals surface area contributed by atoms with Crippen molar-refractivity contribution in [2.75, 3.05) is 0 Å². The highest BCUT2D eigenvalue weighted by atomic mass is 15.0. The standard InChI is InChI=1S/C25H29N/c1-7-26-20-13-12-16(2)14-18(20)21-22(26)17-10-8-9-11-19(17)25(21)23(3,4)15-24(25,5)6/h8-14H,7,15H2,1-6H3. The molecule has 3 aromatic rings. The molecular formula is C25H29N. The lowest BCUT2D eigenvalue weighted by Gasteiger charge is -2.67. The Balaban J connectivity index is 2.04. The predicted molar refractivity (Wildman–Crippen MR) is 111 cm³/mol. The zero-order valence-electron chi connectivity index (χ0n) is 16.9. The Morgan fingerprint density at radius 3 is 2.31 bits per heavy atom. The molecule has 0 amide bonds. The summed E-state index contributed by atoms with van der Waals surface area (Å²) in [5.74, 6) is 0. The maximum absolute atomic E-state index is 2.56. The molecule has 2 aliphatic carbocycles. The van der Waals surface area contributed by atoms with Crippen LogP contribution in [0.1, 0.15) is 57.7 Å². The summed E-state index contributed by atoms with van der Waals surface area (Å²) in [6, 6.07) is 16.2. The summed E-state index contributed by atoms with van der Waals surface area (Å²) in [5, 5.41) is 1.47. The third kappa shape index (κ3) is 1.51. The number of aromatic nitrogens is 1. The van der Waals surface area contributed by atoms with Crippen LogP contribution in [0.15, 0.2) is 42.5 Å². The SMILES string of the molecule is CCn1c2c(c3cc(C)ccc31)C1(c3ccccc3-2)C(C)(C)CC1(C)C. The Bertz CT molecular complexity index is 1050. The number of benzene rings is 2. The minimum Gasteiger partial charge on any atom is -0.341 e. The Morgan fingerprint density at radius 2 is 1.65 bits per heavy atom. The van der Waals surface area contributed by atoms with Crippen LogP contribution >= 0.6 is 0 Å². The summed E-state index contributed by atoms with van der Waals surface area (Å²) in [5.41, 5.74) is 9.45. The molecule has 0 saturated heterocycles. The summed E-state index contributed by atoms with van der Waals surface area (Å²) in [6.07, 6.45) is 1.26. The maximum atomic E-state index is 2.56. The molecule has 1 heteroatoms. The number of hydrogen-bond donors (Lipinski definition) is 0. The van der Waals surface area contributed by atoms with Gasteiger partial charge in [0.2, 0.25) is 0 Å². The summed E-state index contributed by atoms with van der Waals surface area (Å²) >= 11 is 0. The lowest BCUT2D eigenvalue weighted by Crippen LogP contribution is -2.63. The molecule has 26 heavy (non-hydrogen) atoms. The monoisotopic (exact) mass is 343 g/mol. The van der Waals surface area contributed by atoms with Gasteiger partial charge in [-0.05, 0) is 54.4 Å². The highest BCUT2D eigenvalue weighted by Gasteiger charge is 2.70. The van der Waals surface area contributed by atoms with Gasteiger partial charge in [0.1, 0.15) is 0 Å². The fourth-order valence-electron chi connectivity index (χ4n) is 7.19. The molecule has 0 atom stereocenters. The summed E-state index contributed by atoms with van der Waals surface area (Å²) in [7, 11) is 0. The molecule has 0 unspecified atom stereocenters. The number of rotatable bonds is 1. The van der Waals surface area contributed by atoms with Gasteiger partial charge < -0.3 is 4.57 Å². The quantitative estimate of drug-likeness (QED) is 0.464. The second-order valence-corrected chi connectivity index (χ2v) is 9.73.